The predicted molar refractivity (Wildman–Crippen MR) is 94.4 cm³/mol. The molecule has 26 heavy (non-hydrogen) atoms. The summed E-state index contributed by atoms with van der Waals surface area (Å²) >= 11 is 0. The molecule has 0 saturated carbocycles. The lowest BCUT2D eigenvalue weighted by atomic mass is 10.2. The Morgan fingerprint density at radius 3 is 2.73 bits per heavy atom. The maximum absolute atomic E-state index is 12.7. The van der Waals surface area contributed by atoms with Crippen molar-refractivity contribution in [3.05, 3.63) is 42.1 Å². The van der Waals surface area contributed by atoms with E-state index in [0.29, 0.717) is 43.4 Å². The maximum atomic E-state index is 12.7. The van der Waals surface area contributed by atoms with Crippen molar-refractivity contribution in [3.8, 4) is 5.75 Å². The number of pyridine rings is 1. The Labute approximate surface area is 150 Å². The van der Waals surface area contributed by atoms with E-state index in [9.17, 15) is 4.79 Å². The second-order valence-corrected chi connectivity index (χ2v) is 6.09. The lowest BCUT2D eigenvalue weighted by Gasteiger charge is -2.35. The number of hydrogen-bond acceptors (Lipinski definition) is 7. The Morgan fingerprint density at radius 1 is 1.15 bits per heavy atom. The van der Waals surface area contributed by atoms with Crippen LogP contribution in [0, 0.1) is 6.92 Å². The van der Waals surface area contributed by atoms with E-state index >= 15 is 0 Å². The molecule has 0 atom stereocenters. The van der Waals surface area contributed by atoms with Gasteiger partial charge in [0.05, 0.1) is 7.11 Å². The van der Waals surface area contributed by atoms with Crippen LogP contribution in [0.3, 0.4) is 0 Å². The number of aryl methyl sites for hydroxylation is 1. The summed E-state index contributed by atoms with van der Waals surface area (Å²) in [5, 5.41) is 4.25. The van der Waals surface area contributed by atoms with Crippen molar-refractivity contribution in [2.75, 3.05) is 38.2 Å². The van der Waals surface area contributed by atoms with Crippen LogP contribution in [-0.4, -0.2) is 68.7 Å². The lowest BCUT2D eigenvalue weighted by Crippen LogP contribution is -2.49. The molecule has 1 amide bonds. The number of fused-ring (bicyclic) bond motifs is 1. The van der Waals surface area contributed by atoms with Crippen molar-refractivity contribution in [3.63, 3.8) is 0 Å². The summed E-state index contributed by atoms with van der Waals surface area (Å²) in [5.41, 5.74) is 1.29. The van der Waals surface area contributed by atoms with Gasteiger partial charge in [0.25, 0.3) is 11.7 Å². The molecular formula is C17H19N7O2. The predicted octanol–water partition coefficient (Wildman–Crippen LogP) is 0.799. The first-order valence-electron chi connectivity index (χ1n) is 8.37. The molecule has 1 aliphatic heterocycles. The molecule has 9 heteroatoms. The van der Waals surface area contributed by atoms with Crippen molar-refractivity contribution >= 4 is 17.5 Å². The lowest BCUT2D eigenvalue weighted by molar-refractivity contribution is 0.0740. The average molecular weight is 353 g/mol. The van der Waals surface area contributed by atoms with Gasteiger partial charge in [-0.2, -0.15) is 14.6 Å². The Kier molecular flexibility index (Phi) is 4.11. The van der Waals surface area contributed by atoms with Crippen LogP contribution in [0.25, 0.3) is 5.78 Å². The van der Waals surface area contributed by atoms with Gasteiger partial charge in [0, 0.05) is 50.2 Å². The number of hydrogen-bond donors (Lipinski definition) is 0. The number of anilines is 1. The fourth-order valence-corrected chi connectivity index (χ4v) is 3.09. The third kappa shape index (κ3) is 2.92. The summed E-state index contributed by atoms with van der Waals surface area (Å²) in [6, 6.07) is 5.38. The van der Waals surface area contributed by atoms with Crippen LogP contribution in [0.15, 0.2) is 30.7 Å². The van der Waals surface area contributed by atoms with Gasteiger partial charge in [-0.3, -0.25) is 9.78 Å². The minimum atomic E-state index is -0.0830. The summed E-state index contributed by atoms with van der Waals surface area (Å²) in [7, 11) is 1.57. The molecule has 0 aliphatic carbocycles. The molecular weight excluding hydrogens is 334 g/mol. The number of carbonyl (C=O) groups excluding carboxylic acids is 1. The molecule has 0 spiro atoms. The second-order valence-electron chi connectivity index (χ2n) is 6.09. The number of aromatic nitrogens is 5. The fourth-order valence-electron chi connectivity index (χ4n) is 3.09. The summed E-state index contributed by atoms with van der Waals surface area (Å²) in [6.07, 6.45) is 3.09. The maximum Gasteiger partial charge on any atom is 0.272 e. The standard InChI is InChI=1S/C17H19N7O2/c1-12-9-15(24-17(21-12)19-11-20-24)22-5-7-23(8-6-22)16(25)14-10-13(26-2)3-4-18-14/h3-4,9-11H,5-8H2,1-2H3. The van der Waals surface area contributed by atoms with Crippen LogP contribution in [-0.2, 0) is 0 Å². The van der Waals surface area contributed by atoms with Gasteiger partial charge in [-0.15, -0.1) is 0 Å². The number of rotatable bonds is 3. The zero-order valence-corrected chi connectivity index (χ0v) is 14.7. The van der Waals surface area contributed by atoms with Crippen LogP contribution < -0.4 is 9.64 Å². The second kappa shape index (κ2) is 6.58. The molecule has 0 N–H and O–H groups in total. The number of piperazine rings is 1. The molecule has 3 aromatic heterocycles. The highest BCUT2D eigenvalue weighted by Crippen LogP contribution is 2.19. The van der Waals surface area contributed by atoms with E-state index in [4.69, 9.17) is 4.74 Å². The van der Waals surface area contributed by atoms with Gasteiger partial charge in [0.1, 0.15) is 23.6 Å². The molecule has 4 rings (SSSR count). The molecule has 4 heterocycles. The van der Waals surface area contributed by atoms with Gasteiger partial charge in [0.15, 0.2) is 0 Å². The molecule has 1 aliphatic rings. The number of carbonyl (C=O) groups is 1. The Hall–Kier alpha value is -3.23. The van der Waals surface area contributed by atoms with Gasteiger partial charge in [-0.05, 0) is 13.0 Å². The molecule has 0 aromatic carbocycles. The van der Waals surface area contributed by atoms with E-state index in [1.54, 1.807) is 30.0 Å². The number of nitrogens with zero attached hydrogens (tertiary/aromatic N) is 7. The summed E-state index contributed by atoms with van der Waals surface area (Å²) in [5.74, 6) is 2.07. The summed E-state index contributed by atoms with van der Waals surface area (Å²) in [4.78, 5) is 29.4. The molecule has 3 aromatic rings. The van der Waals surface area contributed by atoms with Crippen molar-refractivity contribution in [1.29, 1.82) is 0 Å². The van der Waals surface area contributed by atoms with E-state index in [0.717, 1.165) is 11.5 Å². The van der Waals surface area contributed by atoms with Crippen LogP contribution in [0.5, 0.6) is 5.75 Å². The van der Waals surface area contributed by atoms with Gasteiger partial charge >= 0.3 is 0 Å². The smallest absolute Gasteiger partial charge is 0.272 e. The largest absolute Gasteiger partial charge is 0.497 e. The quantitative estimate of drug-likeness (QED) is 0.688. The highest BCUT2D eigenvalue weighted by molar-refractivity contribution is 5.92. The van der Waals surface area contributed by atoms with E-state index in [1.807, 2.05) is 17.9 Å². The minimum absolute atomic E-state index is 0.0830. The van der Waals surface area contributed by atoms with Crippen LogP contribution in [0.2, 0.25) is 0 Å². The number of ether oxygens (including phenoxy) is 1. The van der Waals surface area contributed by atoms with Crippen LogP contribution >= 0.6 is 0 Å². The average Bonchev–Trinajstić information content (AvgIpc) is 3.15. The third-order valence-corrected chi connectivity index (χ3v) is 4.44. The summed E-state index contributed by atoms with van der Waals surface area (Å²) in [6.45, 7) is 4.55. The molecule has 1 fully saturated rings. The molecule has 0 radical (unpaired) electrons. The Balaban J connectivity index is 1.50. The van der Waals surface area contributed by atoms with Gasteiger partial charge in [-0.1, -0.05) is 0 Å². The van der Waals surface area contributed by atoms with E-state index < -0.39 is 0 Å². The highest BCUT2D eigenvalue weighted by Gasteiger charge is 2.25. The molecule has 134 valence electrons. The van der Waals surface area contributed by atoms with Crippen molar-refractivity contribution in [1.82, 2.24) is 29.5 Å². The van der Waals surface area contributed by atoms with Gasteiger partial charge in [0.2, 0.25) is 0 Å². The first-order chi connectivity index (χ1) is 12.7. The highest BCUT2D eigenvalue weighted by atomic mass is 16.5. The van der Waals surface area contributed by atoms with E-state index in [1.165, 1.54) is 6.33 Å². The molecule has 9 nitrogen and oxygen atoms in total. The SMILES string of the molecule is COc1ccnc(C(=O)N2CCN(c3cc(C)nc4ncnn34)CC2)c1. The van der Waals surface area contributed by atoms with Crippen LogP contribution in [0.4, 0.5) is 5.82 Å². The van der Waals surface area contributed by atoms with Crippen LogP contribution in [0.1, 0.15) is 16.2 Å². The minimum Gasteiger partial charge on any atom is -0.497 e. The molecule has 0 bridgehead atoms. The number of amides is 1. The first kappa shape index (κ1) is 16.2. The van der Waals surface area contributed by atoms with Gasteiger partial charge < -0.3 is 14.5 Å². The van der Waals surface area contributed by atoms with Crippen molar-refractivity contribution < 1.29 is 9.53 Å². The fraction of sp³-hybridized carbons (Fsp3) is 0.353. The zero-order chi connectivity index (χ0) is 18.1. The van der Waals surface area contributed by atoms with E-state index in [2.05, 4.69) is 25.0 Å². The third-order valence-electron chi connectivity index (χ3n) is 4.44. The topological polar surface area (TPSA) is 88.8 Å². The van der Waals surface area contributed by atoms with E-state index in [-0.39, 0.29) is 5.91 Å². The summed E-state index contributed by atoms with van der Waals surface area (Å²) < 4.78 is 6.90. The molecule has 1 saturated heterocycles. The monoisotopic (exact) mass is 353 g/mol. The Bertz CT molecular complexity index is 947. The first-order valence-corrected chi connectivity index (χ1v) is 8.37. The molecule has 0 unspecified atom stereocenters. The van der Waals surface area contributed by atoms with Crippen molar-refractivity contribution in [2.45, 2.75) is 6.92 Å². The normalized spacial score (nSPS) is 14.7. The Morgan fingerprint density at radius 2 is 1.96 bits per heavy atom. The zero-order valence-electron chi connectivity index (χ0n) is 14.7. The number of methoxy groups -OCH3 is 1. The van der Waals surface area contributed by atoms with Crippen molar-refractivity contribution in [2.24, 2.45) is 0 Å². The van der Waals surface area contributed by atoms with Gasteiger partial charge in [-0.25, -0.2) is 4.98 Å².